The Kier molecular flexibility index (Phi) is 11.6. The Bertz CT molecular complexity index is 1660. The van der Waals surface area contributed by atoms with Gasteiger partial charge in [-0.15, -0.1) is 0 Å². The van der Waals surface area contributed by atoms with Crippen molar-refractivity contribution in [3.8, 4) is 11.5 Å². The highest BCUT2D eigenvalue weighted by Gasteiger charge is 2.97. The van der Waals surface area contributed by atoms with E-state index in [4.69, 9.17) is 11.5 Å². The fraction of sp³-hybridized carbons (Fsp3) is 0.625. The molecular formula is C32H32F20N2O2. The molecule has 2 aromatic carbocycles. The highest BCUT2D eigenvalue weighted by atomic mass is 19.4. The lowest BCUT2D eigenvalue weighted by molar-refractivity contribution is -0.470. The van der Waals surface area contributed by atoms with Crippen molar-refractivity contribution in [1.82, 2.24) is 0 Å². The van der Waals surface area contributed by atoms with Gasteiger partial charge in [0.15, 0.2) is 0 Å². The Labute approximate surface area is 304 Å². The molecule has 0 fully saturated rings. The molecular weight excluding hydrogens is 824 g/mol. The van der Waals surface area contributed by atoms with E-state index in [-0.39, 0.29) is 24.3 Å². The Hall–Kier alpha value is -3.76. The van der Waals surface area contributed by atoms with Gasteiger partial charge in [-0.25, -0.2) is 0 Å². The zero-order valence-corrected chi connectivity index (χ0v) is 29.8. The van der Waals surface area contributed by atoms with Gasteiger partial charge in [-0.05, 0) is 46.2 Å². The van der Waals surface area contributed by atoms with Gasteiger partial charge in [0.1, 0.15) is 11.5 Å². The van der Waals surface area contributed by atoms with E-state index >= 15 is 17.6 Å². The third-order valence-electron chi connectivity index (χ3n) is 8.61. The van der Waals surface area contributed by atoms with Crippen molar-refractivity contribution in [1.29, 1.82) is 0 Å². The van der Waals surface area contributed by atoms with Crippen LogP contribution >= 0.6 is 0 Å². The molecule has 0 amide bonds. The van der Waals surface area contributed by atoms with Gasteiger partial charge >= 0.3 is 59.2 Å². The molecule has 24 heteroatoms. The molecule has 4 nitrogen and oxygen atoms in total. The van der Waals surface area contributed by atoms with E-state index in [1.807, 2.05) is 0 Å². The zero-order chi connectivity index (χ0) is 44.9. The first-order chi connectivity index (χ1) is 24.4. The highest BCUT2D eigenvalue weighted by molar-refractivity contribution is 5.64. The summed E-state index contributed by atoms with van der Waals surface area (Å²) in [6, 6.07) is -0.968. The van der Waals surface area contributed by atoms with Crippen molar-refractivity contribution in [2.24, 2.45) is 0 Å². The number of hydrogen-bond donors (Lipinski definition) is 2. The molecule has 0 radical (unpaired) electrons. The topological polar surface area (TPSA) is 70.5 Å². The van der Waals surface area contributed by atoms with Crippen LogP contribution in [0.25, 0.3) is 0 Å². The number of alkyl halides is 20. The van der Waals surface area contributed by atoms with Crippen LogP contribution in [0.1, 0.15) is 63.8 Å². The van der Waals surface area contributed by atoms with Crippen LogP contribution in [-0.4, -0.2) is 61.6 Å². The van der Waals surface area contributed by atoms with Crippen LogP contribution in [0, 0.1) is 0 Å². The van der Waals surface area contributed by atoms with E-state index in [1.54, 1.807) is 0 Å². The lowest BCUT2D eigenvalue weighted by atomic mass is 9.81. The predicted molar refractivity (Wildman–Crippen MR) is 160 cm³/mol. The Morgan fingerprint density at radius 2 is 0.554 bits per heavy atom. The number of anilines is 2. The summed E-state index contributed by atoms with van der Waals surface area (Å²) >= 11 is 0. The average molecular weight is 857 g/mol. The second-order valence-electron chi connectivity index (χ2n) is 14.5. The molecule has 0 saturated heterocycles. The summed E-state index contributed by atoms with van der Waals surface area (Å²) < 4.78 is 306. The van der Waals surface area contributed by atoms with Crippen molar-refractivity contribution >= 4 is 11.4 Å². The second-order valence-corrected chi connectivity index (χ2v) is 14.5. The minimum Gasteiger partial charge on any atom is -0.495 e. The van der Waals surface area contributed by atoms with Crippen molar-refractivity contribution < 1.29 is 97.3 Å². The largest absolute Gasteiger partial charge is 0.495 e. The third kappa shape index (κ3) is 6.47. The monoisotopic (exact) mass is 856 g/mol. The van der Waals surface area contributed by atoms with Crippen molar-refractivity contribution in [3.63, 3.8) is 0 Å². The summed E-state index contributed by atoms with van der Waals surface area (Å²) in [6.07, 6.45) is 0. The molecule has 0 atom stereocenters. The number of rotatable bonds is 13. The zero-order valence-electron chi connectivity index (χ0n) is 29.8. The molecule has 0 aliphatic rings. The minimum absolute atomic E-state index is 0.162. The summed E-state index contributed by atoms with van der Waals surface area (Å²) in [4.78, 5) is 0. The predicted octanol–water partition coefficient (Wildman–Crippen LogP) is 11.4. The molecule has 56 heavy (non-hydrogen) atoms. The lowest BCUT2D eigenvalue weighted by Gasteiger charge is -2.45. The molecule has 0 unspecified atom stereocenters. The first-order valence-corrected chi connectivity index (χ1v) is 15.1. The van der Waals surface area contributed by atoms with Gasteiger partial charge in [-0.1, -0.05) is 41.5 Å². The maximum atomic E-state index is 15.2. The summed E-state index contributed by atoms with van der Waals surface area (Å²) in [6.45, 7) is 6.72. The van der Waals surface area contributed by atoms with Gasteiger partial charge in [-0.3, -0.25) is 0 Å². The van der Waals surface area contributed by atoms with Crippen LogP contribution in [0.15, 0.2) is 24.3 Å². The smallest absolute Gasteiger partial charge is 0.385 e. The van der Waals surface area contributed by atoms with Crippen LogP contribution in [0.3, 0.4) is 0 Å². The highest BCUT2D eigenvalue weighted by Crippen LogP contribution is 2.68. The summed E-state index contributed by atoms with van der Waals surface area (Å²) in [5, 5.41) is 0. The van der Waals surface area contributed by atoms with Crippen molar-refractivity contribution in [3.05, 3.63) is 46.5 Å². The lowest BCUT2D eigenvalue weighted by Crippen LogP contribution is -2.76. The van der Waals surface area contributed by atoms with E-state index < -0.39 is 115 Å². The van der Waals surface area contributed by atoms with E-state index in [1.165, 1.54) is 0 Å². The quantitative estimate of drug-likeness (QED) is 0.156. The SMILES string of the molecule is COc1cc(C(F)(F)C(F)(F)C(F)(F)C(F)(F)C(F)(F)C(F)(F)C(F)(F)C(F)(F)C(F)(F)C(F)(F)c2cc(OC)c(N)c(C(C)(C)C)c2)cc(C(C)(C)C)c1N. The van der Waals surface area contributed by atoms with Gasteiger partial charge in [0.05, 0.1) is 25.6 Å². The molecule has 0 heterocycles. The normalized spacial score (nSPS) is 15.3. The minimum atomic E-state index is -9.18. The van der Waals surface area contributed by atoms with E-state index in [9.17, 15) is 70.2 Å². The van der Waals surface area contributed by atoms with Crippen LogP contribution in [0.2, 0.25) is 0 Å². The molecule has 2 aromatic rings. The first-order valence-electron chi connectivity index (χ1n) is 15.1. The number of hydrogen-bond acceptors (Lipinski definition) is 4. The molecule has 2 rings (SSSR count). The van der Waals surface area contributed by atoms with Crippen LogP contribution in [0.4, 0.5) is 99.2 Å². The number of benzene rings is 2. The molecule has 4 N–H and O–H groups in total. The van der Waals surface area contributed by atoms with Crippen LogP contribution < -0.4 is 20.9 Å². The van der Waals surface area contributed by atoms with Crippen LogP contribution in [0.5, 0.6) is 11.5 Å². The maximum absolute atomic E-state index is 15.2. The molecule has 0 spiro atoms. The van der Waals surface area contributed by atoms with E-state index in [0.717, 1.165) is 41.5 Å². The Morgan fingerprint density at radius 3 is 0.732 bits per heavy atom. The molecule has 0 aliphatic heterocycles. The third-order valence-corrected chi connectivity index (χ3v) is 8.61. The van der Waals surface area contributed by atoms with Gasteiger partial charge in [0.25, 0.3) is 0 Å². The van der Waals surface area contributed by atoms with Crippen LogP contribution in [-0.2, 0) is 22.7 Å². The molecule has 0 saturated carbocycles. The summed E-state index contributed by atoms with van der Waals surface area (Å²) in [5.41, 5.74) is 0.440. The number of halogens is 20. The van der Waals surface area contributed by atoms with E-state index in [2.05, 4.69) is 9.47 Å². The number of methoxy groups -OCH3 is 2. The van der Waals surface area contributed by atoms with E-state index in [0.29, 0.717) is 14.2 Å². The van der Waals surface area contributed by atoms with Crippen molar-refractivity contribution in [2.75, 3.05) is 25.7 Å². The fourth-order valence-corrected chi connectivity index (χ4v) is 5.13. The molecule has 0 aromatic heterocycles. The molecule has 0 bridgehead atoms. The van der Waals surface area contributed by atoms with Gasteiger partial charge in [0, 0.05) is 11.1 Å². The summed E-state index contributed by atoms with van der Waals surface area (Å²) in [5.74, 6) is -86.1. The number of nitrogen functional groups attached to an aromatic ring is 2. The Balaban J connectivity index is 2.85. The number of ether oxygens (including phenoxy) is 2. The average Bonchev–Trinajstić information content (AvgIpc) is 3.02. The second kappa shape index (κ2) is 13.4. The maximum Gasteiger partial charge on any atom is 0.385 e. The summed E-state index contributed by atoms with van der Waals surface area (Å²) in [7, 11) is 1.24. The fourth-order valence-electron chi connectivity index (χ4n) is 5.13. The number of nitrogens with two attached hydrogens (primary N) is 2. The van der Waals surface area contributed by atoms with Gasteiger partial charge in [-0.2, -0.15) is 87.8 Å². The van der Waals surface area contributed by atoms with Gasteiger partial charge < -0.3 is 20.9 Å². The standard InChI is InChI=1S/C32H32F20N2O2/c1-21(2,3)15-9-13(11-17(55-7)19(15)53)23(33,34)25(37,38)27(41,42)29(45,46)31(49,50)32(51,52)30(47,48)28(43,44)26(39,40)24(35,36)14-10-16(22(4,5)6)20(54)18(12-14)56-8/h9-12H,53-54H2,1-8H3. The van der Waals surface area contributed by atoms with Crippen molar-refractivity contribution in [2.45, 2.75) is 112 Å². The molecule has 322 valence electrons. The van der Waals surface area contributed by atoms with Gasteiger partial charge in [0.2, 0.25) is 0 Å². The molecule has 0 aliphatic carbocycles. The first kappa shape index (κ1) is 48.4. The Morgan fingerprint density at radius 1 is 0.357 bits per heavy atom.